The lowest BCUT2D eigenvalue weighted by Crippen LogP contribution is -1.95. The van der Waals surface area contributed by atoms with E-state index in [4.69, 9.17) is 0 Å². The highest BCUT2D eigenvalue weighted by molar-refractivity contribution is 6.20. The summed E-state index contributed by atoms with van der Waals surface area (Å²) in [5, 5.41) is 10.7. The summed E-state index contributed by atoms with van der Waals surface area (Å²) in [6, 6.07) is 23.5. The van der Waals surface area contributed by atoms with Gasteiger partial charge in [-0.3, -0.25) is 0 Å². The Bertz CT molecular complexity index is 1530. The Labute approximate surface area is 189 Å². The number of aryl methyl sites for hydroxylation is 4. The summed E-state index contributed by atoms with van der Waals surface area (Å²) < 4.78 is 4.75. The molecule has 0 spiro atoms. The van der Waals surface area contributed by atoms with Gasteiger partial charge in [0.15, 0.2) is 0 Å². The highest BCUT2D eigenvalue weighted by Crippen LogP contribution is 2.36. The molecule has 32 heavy (non-hydrogen) atoms. The molecule has 0 aliphatic rings. The van der Waals surface area contributed by atoms with Gasteiger partial charge in [0.25, 0.3) is 0 Å². The molecule has 2 heteroatoms. The van der Waals surface area contributed by atoms with E-state index < -0.39 is 0 Å². The fourth-order valence-electron chi connectivity index (χ4n) is 5.65. The third-order valence-electron chi connectivity index (χ3n) is 7.37. The zero-order valence-electron chi connectivity index (χ0n) is 19.5. The summed E-state index contributed by atoms with van der Waals surface area (Å²) in [7, 11) is 4.42. The van der Waals surface area contributed by atoms with Crippen LogP contribution in [0.4, 0.5) is 0 Å². The van der Waals surface area contributed by atoms with Gasteiger partial charge in [0, 0.05) is 47.3 Å². The van der Waals surface area contributed by atoms with Gasteiger partial charge in [-0.2, -0.15) is 0 Å². The second kappa shape index (κ2) is 7.13. The normalized spacial score (nSPS) is 12.2. The first kappa shape index (κ1) is 19.4. The summed E-state index contributed by atoms with van der Waals surface area (Å²) in [4.78, 5) is 0. The molecule has 4 aromatic carbocycles. The number of nitrogens with zero attached hydrogens (tertiary/aromatic N) is 2. The SMILES string of the molecule is CCCc1cc2cc3ccc4c5cc6c(cc(CCC)n6C)cc5ccc4c3cc2n1C. The van der Waals surface area contributed by atoms with E-state index >= 15 is 0 Å². The Morgan fingerprint density at radius 2 is 0.938 bits per heavy atom. The van der Waals surface area contributed by atoms with Gasteiger partial charge in [-0.05, 0) is 81.6 Å². The first-order chi connectivity index (χ1) is 15.6. The molecule has 0 atom stereocenters. The second-order valence-corrected chi connectivity index (χ2v) is 9.38. The molecular formula is C30H30N2. The van der Waals surface area contributed by atoms with Crippen LogP contribution in [0.3, 0.4) is 0 Å². The van der Waals surface area contributed by atoms with Gasteiger partial charge in [0.2, 0.25) is 0 Å². The molecule has 0 saturated heterocycles. The van der Waals surface area contributed by atoms with E-state index in [1.54, 1.807) is 0 Å². The van der Waals surface area contributed by atoms with Crippen molar-refractivity contribution >= 4 is 54.1 Å². The zero-order valence-corrected chi connectivity index (χ0v) is 19.5. The van der Waals surface area contributed by atoms with E-state index in [-0.39, 0.29) is 0 Å². The molecule has 2 nitrogen and oxygen atoms in total. The summed E-state index contributed by atoms with van der Waals surface area (Å²) in [5.41, 5.74) is 5.49. The Kier molecular flexibility index (Phi) is 4.33. The van der Waals surface area contributed by atoms with E-state index in [0.29, 0.717) is 0 Å². The van der Waals surface area contributed by atoms with Crippen LogP contribution in [0.1, 0.15) is 38.1 Å². The number of aromatic nitrogens is 2. The molecule has 0 radical (unpaired) electrons. The van der Waals surface area contributed by atoms with Gasteiger partial charge in [-0.1, -0.05) is 51.0 Å². The molecule has 2 heterocycles. The standard InChI is InChI=1S/C30H30N2/c1-5-7-23-15-21-13-19-9-11-26-25(27(19)17-29(21)31(23)3)12-10-20-14-22-16-24(8-6-2)32(4)30(22)18-28(20)26/h9-18H,5-8H2,1-4H3. The minimum Gasteiger partial charge on any atom is -0.348 e. The van der Waals surface area contributed by atoms with Crippen LogP contribution in [0.15, 0.2) is 60.7 Å². The molecule has 0 aliphatic heterocycles. The van der Waals surface area contributed by atoms with E-state index in [9.17, 15) is 0 Å². The van der Waals surface area contributed by atoms with Crippen LogP contribution in [0.5, 0.6) is 0 Å². The predicted molar refractivity (Wildman–Crippen MR) is 140 cm³/mol. The average molecular weight is 419 g/mol. The lowest BCUT2D eigenvalue weighted by Gasteiger charge is -2.10. The van der Waals surface area contributed by atoms with Crippen LogP contribution in [-0.4, -0.2) is 9.13 Å². The topological polar surface area (TPSA) is 9.86 Å². The Balaban J connectivity index is 1.66. The van der Waals surface area contributed by atoms with Gasteiger partial charge >= 0.3 is 0 Å². The smallest absolute Gasteiger partial charge is 0.0486 e. The van der Waals surface area contributed by atoms with Crippen LogP contribution in [0.25, 0.3) is 54.1 Å². The predicted octanol–water partition coefficient (Wildman–Crippen LogP) is 8.03. The van der Waals surface area contributed by atoms with Crippen molar-refractivity contribution in [2.75, 3.05) is 0 Å². The Morgan fingerprint density at radius 1 is 0.500 bits per heavy atom. The highest BCUT2D eigenvalue weighted by atomic mass is 14.9. The van der Waals surface area contributed by atoms with Gasteiger partial charge in [0.1, 0.15) is 0 Å². The number of hydrogen-bond acceptors (Lipinski definition) is 0. The molecule has 6 rings (SSSR count). The molecule has 0 unspecified atom stereocenters. The molecule has 0 aliphatic carbocycles. The van der Waals surface area contributed by atoms with Gasteiger partial charge in [0.05, 0.1) is 0 Å². The third-order valence-corrected chi connectivity index (χ3v) is 7.37. The molecule has 0 amide bonds. The van der Waals surface area contributed by atoms with Crippen LogP contribution in [0, 0.1) is 0 Å². The maximum atomic E-state index is 2.40. The molecule has 0 N–H and O–H groups in total. The van der Waals surface area contributed by atoms with Gasteiger partial charge in [-0.25, -0.2) is 0 Å². The average Bonchev–Trinajstić information content (AvgIpc) is 3.27. The van der Waals surface area contributed by atoms with Crippen molar-refractivity contribution in [2.24, 2.45) is 14.1 Å². The minimum absolute atomic E-state index is 1.12. The van der Waals surface area contributed by atoms with E-state index in [1.165, 1.54) is 78.4 Å². The first-order valence-corrected chi connectivity index (χ1v) is 11.9. The van der Waals surface area contributed by atoms with Crippen molar-refractivity contribution in [1.29, 1.82) is 0 Å². The van der Waals surface area contributed by atoms with Crippen molar-refractivity contribution < 1.29 is 0 Å². The molecule has 2 aromatic heterocycles. The largest absolute Gasteiger partial charge is 0.348 e. The van der Waals surface area contributed by atoms with Crippen molar-refractivity contribution in [2.45, 2.75) is 39.5 Å². The molecular weight excluding hydrogens is 388 g/mol. The van der Waals surface area contributed by atoms with Crippen molar-refractivity contribution in [1.82, 2.24) is 9.13 Å². The highest BCUT2D eigenvalue weighted by Gasteiger charge is 2.12. The van der Waals surface area contributed by atoms with E-state index in [1.807, 2.05) is 0 Å². The fraction of sp³-hybridized carbons (Fsp3) is 0.267. The summed E-state index contributed by atoms with van der Waals surface area (Å²) in [6.45, 7) is 4.50. The maximum Gasteiger partial charge on any atom is 0.0486 e. The summed E-state index contributed by atoms with van der Waals surface area (Å²) in [6.07, 6.45) is 4.59. The van der Waals surface area contributed by atoms with Gasteiger partial charge in [-0.15, -0.1) is 0 Å². The molecule has 6 aromatic rings. The third kappa shape index (κ3) is 2.72. The van der Waals surface area contributed by atoms with E-state index in [2.05, 4.69) is 97.7 Å². The number of hydrogen-bond donors (Lipinski definition) is 0. The van der Waals surface area contributed by atoms with Crippen LogP contribution < -0.4 is 0 Å². The second-order valence-electron chi connectivity index (χ2n) is 9.38. The van der Waals surface area contributed by atoms with Crippen molar-refractivity contribution in [3.8, 4) is 0 Å². The molecule has 0 bridgehead atoms. The molecule has 0 fully saturated rings. The van der Waals surface area contributed by atoms with Crippen LogP contribution in [-0.2, 0) is 26.9 Å². The Morgan fingerprint density at radius 3 is 1.34 bits per heavy atom. The monoisotopic (exact) mass is 418 g/mol. The quantitative estimate of drug-likeness (QED) is 0.256. The number of benzene rings is 4. The van der Waals surface area contributed by atoms with Crippen molar-refractivity contribution in [3.63, 3.8) is 0 Å². The first-order valence-electron chi connectivity index (χ1n) is 11.9. The molecule has 0 saturated carbocycles. The van der Waals surface area contributed by atoms with Gasteiger partial charge < -0.3 is 9.13 Å². The lowest BCUT2D eigenvalue weighted by molar-refractivity contribution is 0.805. The lowest BCUT2D eigenvalue weighted by atomic mass is 9.95. The summed E-state index contributed by atoms with van der Waals surface area (Å²) >= 11 is 0. The number of fused-ring (bicyclic) bond motifs is 7. The zero-order chi connectivity index (χ0) is 22.0. The Hall–Kier alpha value is -3.26. The minimum atomic E-state index is 1.12. The summed E-state index contributed by atoms with van der Waals surface area (Å²) in [5.74, 6) is 0. The van der Waals surface area contributed by atoms with Crippen LogP contribution >= 0.6 is 0 Å². The van der Waals surface area contributed by atoms with Crippen LogP contribution in [0.2, 0.25) is 0 Å². The van der Waals surface area contributed by atoms with E-state index in [0.717, 1.165) is 12.8 Å². The molecule has 160 valence electrons. The van der Waals surface area contributed by atoms with Crippen molar-refractivity contribution in [3.05, 3.63) is 72.1 Å². The number of rotatable bonds is 4. The fourth-order valence-corrected chi connectivity index (χ4v) is 5.65. The maximum absolute atomic E-state index is 2.40.